The minimum Gasteiger partial charge on any atom is -0.481 e. The number of hydrogen-bond acceptors (Lipinski definition) is 3. The lowest BCUT2D eigenvalue weighted by molar-refractivity contribution is -0.141. The van der Waals surface area contributed by atoms with E-state index in [2.05, 4.69) is 26.2 Å². The number of rotatable bonds is 5. The zero-order valence-corrected chi connectivity index (χ0v) is 12.0. The van der Waals surface area contributed by atoms with Crippen LogP contribution in [0.2, 0.25) is 0 Å². The molecule has 0 radical (unpaired) electrons. The van der Waals surface area contributed by atoms with Crippen molar-refractivity contribution in [3.05, 3.63) is 46.2 Å². The van der Waals surface area contributed by atoms with E-state index in [1.165, 1.54) is 0 Å². The van der Waals surface area contributed by atoms with E-state index in [9.17, 15) is 9.90 Å². The third-order valence-corrected chi connectivity index (χ3v) is 3.65. The van der Waals surface area contributed by atoms with Crippen LogP contribution in [0.1, 0.15) is 11.3 Å². The molecule has 0 fully saturated rings. The number of halogens is 1. The highest BCUT2D eigenvalue weighted by atomic mass is 79.9. The quantitative estimate of drug-likeness (QED) is 0.914. The first-order chi connectivity index (χ1) is 9.06. The molecular weight excluding hydrogens is 310 g/mol. The lowest BCUT2D eigenvalue weighted by atomic mass is 9.95. The smallest absolute Gasteiger partial charge is 0.307 e. The van der Waals surface area contributed by atoms with E-state index in [0.29, 0.717) is 18.5 Å². The van der Waals surface area contributed by atoms with E-state index in [1.54, 1.807) is 17.9 Å². The summed E-state index contributed by atoms with van der Waals surface area (Å²) in [5.74, 6) is -1.32. The summed E-state index contributed by atoms with van der Waals surface area (Å²) in [6.45, 7) is 0. The van der Waals surface area contributed by atoms with Gasteiger partial charge in [0.25, 0.3) is 0 Å². The molecule has 0 spiro atoms. The SMILES string of the molecule is Cn1cc(CC(Cc2ccccc2Br)C(=O)O)nn1. The molecule has 0 amide bonds. The van der Waals surface area contributed by atoms with Gasteiger partial charge in [0.15, 0.2) is 0 Å². The average Bonchev–Trinajstić information content (AvgIpc) is 2.76. The van der Waals surface area contributed by atoms with Crippen LogP contribution < -0.4 is 0 Å². The van der Waals surface area contributed by atoms with Crippen LogP contribution in [0.3, 0.4) is 0 Å². The Morgan fingerprint density at radius 1 is 1.42 bits per heavy atom. The van der Waals surface area contributed by atoms with E-state index in [1.807, 2.05) is 24.3 Å². The summed E-state index contributed by atoms with van der Waals surface area (Å²) in [6.07, 6.45) is 2.59. The molecule has 0 bridgehead atoms. The van der Waals surface area contributed by atoms with Gasteiger partial charge in [0.2, 0.25) is 0 Å². The van der Waals surface area contributed by atoms with Gasteiger partial charge < -0.3 is 5.11 Å². The third-order valence-electron chi connectivity index (χ3n) is 2.88. The number of hydrogen-bond donors (Lipinski definition) is 1. The van der Waals surface area contributed by atoms with Crippen molar-refractivity contribution in [3.63, 3.8) is 0 Å². The molecule has 0 saturated heterocycles. The van der Waals surface area contributed by atoms with Crippen LogP contribution in [0, 0.1) is 5.92 Å². The molecule has 0 aliphatic rings. The molecule has 2 rings (SSSR count). The van der Waals surface area contributed by atoms with Crippen LogP contribution >= 0.6 is 15.9 Å². The fourth-order valence-corrected chi connectivity index (χ4v) is 2.36. The maximum Gasteiger partial charge on any atom is 0.307 e. The van der Waals surface area contributed by atoms with Gasteiger partial charge in [-0.3, -0.25) is 9.48 Å². The van der Waals surface area contributed by atoms with Crippen LogP contribution in [0.4, 0.5) is 0 Å². The Bertz CT molecular complexity index is 583. The van der Waals surface area contributed by atoms with Crippen molar-refractivity contribution < 1.29 is 9.90 Å². The number of carboxylic acid groups (broad SMARTS) is 1. The summed E-state index contributed by atoms with van der Waals surface area (Å²) in [6, 6.07) is 7.65. The van der Waals surface area contributed by atoms with Crippen LogP contribution in [0.5, 0.6) is 0 Å². The van der Waals surface area contributed by atoms with Crippen molar-refractivity contribution in [1.29, 1.82) is 0 Å². The molecule has 6 heteroatoms. The number of carbonyl (C=O) groups is 1. The van der Waals surface area contributed by atoms with Crippen LogP contribution in [-0.4, -0.2) is 26.1 Å². The number of aromatic nitrogens is 3. The molecule has 2 aromatic rings. The van der Waals surface area contributed by atoms with Gasteiger partial charge in [0.05, 0.1) is 11.6 Å². The summed E-state index contributed by atoms with van der Waals surface area (Å²) < 4.78 is 2.51. The van der Waals surface area contributed by atoms with Crippen molar-refractivity contribution in [2.24, 2.45) is 13.0 Å². The third kappa shape index (κ3) is 3.64. The van der Waals surface area contributed by atoms with Gasteiger partial charge in [-0.05, 0) is 18.1 Å². The van der Waals surface area contributed by atoms with Crippen LogP contribution in [0.25, 0.3) is 0 Å². The Morgan fingerprint density at radius 3 is 2.74 bits per heavy atom. The molecule has 5 nitrogen and oxygen atoms in total. The number of carboxylic acids is 1. The standard InChI is InChI=1S/C13H14BrN3O2/c1-17-8-11(15-16-17)7-10(13(18)19)6-9-4-2-3-5-12(9)14/h2-5,8,10H,6-7H2,1H3,(H,18,19). The minimum absolute atomic E-state index is 0.379. The highest BCUT2D eigenvalue weighted by Gasteiger charge is 2.21. The second kappa shape index (κ2) is 5.97. The molecule has 1 N–H and O–H groups in total. The molecule has 1 atom stereocenters. The number of nitrogens with zero attached hydrogens (tertiary/aromatic N) is 3. The first-order valence-corrected chi connectivity index (χ1v) is 6.67. The molecule has 0 aliphatic carbocycles. The van der Waals surface area contributed by atoms with E-state index in [-0.39, 0.29) is 0 Å². The lowest BCUT2D eigenvalue weighted by Gasteiger charge is -2.11. The van der Waals surface area contributed by atoms with Gasteiger partial charge in [-0.2, -0.15) is 0 Å². The molecule has 1 aromatic heterocycles. The van der Waals surface area contributed by atoms with Crippen LogP contribution in [-0.2, 0) is 24.7 Å². The number of benzene rings is 1. The average molecular weight is 324 g/mol. The Hall–Kier alpha value is -1.69. The maximum atomic E-state index is 11.4. The summed E-state index contributed by atoms with van der Waals surface area (Å²) in [7, 11) is 1.76. The second-order valence-corrected chi connectivity index (χ2v) is 5.27. The Labute approximate surface area is 119 Å². The van der Waals surface area contributed by atoms with Crippen molar-refractivity contribution in [2.45, 2.75) is 12.8 Å². The van der Waals surface area contributed by atoms with Gasteiger partial charge in [0.1, 0.15) is 0 Å². The Balaban J connectivity index is 2.13. The van der Waals surface area contributed by atoms with Gasteiger partial charge in [-0.1, -0.05) is 39.3 Å². The van der Waals surface area contributed by atoms with Crippen molar-refractivity contribution >= 4 is 21.9 Å². The minimum atomic E-state index is -0.818. The molecule has 100 valence electrons. The highest BCUT2D eigenvalue weighted by molar-refractivity contribution is 9.10. The number of aryl methyl sites for hydroxylation is 1. The van der Waals surface area contributed by atoms with Crippen molar-refractivity contribution in [1.82, 2.24) is 15.0 Å². The largest absolute Gasteiger partial charge is 0.481 e. The second-order valence-electron chi connectivity index (χ2n) is 4.42. The van der Waals surface area contributed by atoms with Gasteiger partial charge >= 0.3 is 5.97 Å². The number of aliphatic carboxylic acids is 1. The zero-order chi connectivity index (χ0) is 13.8. The van der Waals surface area contributed by atoms with Gasteiger partial charge in [-0.15, -0.1) is 5.10 Å². The fourth-order valence-electron chi connectivity index (χ4n) is 1.92. The first-order valence-electron chi connectivity index (χ1n) is 5.87. The van der Waals surface area contributed by atoms with Crippen LogP contribution in [0.15, 0.2) is 34.9 Å². The Morgan fingerprint density at radius 2 is 2.16 bits per heavy atom. The van der Waals surface area contributed by atoms with Gasteiger partial charge in [0, 0.05) is 24.1 Å². The van der Waals surface area contributed by atoms with Crippen molar-refractivity contribution in [3.8, 4) is 0 Å². The summed E-state index contributed by atoms with van der Waals surface area (Å²) >= 11 is 3.44. The molecule has 0 aliphatic heterocycles. The predicted molar refractivity (Wildman–Crippen MR) is 73.7 cm³/mol. The van der Waals surface area contributed by atoms with E-state index in [0.717, 1.165) is 10.0 Å². The monoisotopic (exact) mass is 323 g/mol. The summed E-state index contributed by atoms with van der Waals surface area (Å²) in [5, 5.41) is 17.1. The zero-order valence-electron chi connectivity index (χ0n) is 10.5. The molecule has 1 unspecified atom stereocenters. The molecule has 1 heterocycles. The van der Waals surface area contributed by atoms with E-state index in [4.69, 9.17) is 0 Å². The Kier molecular flexibility index (Phi) is 4.31. The normalized spacial score (nSPS) is 12.3. The molecule has 0 saturated carbocycles. The van der Waals surface area contributed by atoms with Crippen molar-refractivity contribution in [2.75, 3.05) is 0 Å². The molecule has 1 aromatic carbocycles. The lowest BCUT2D eigenvalue weighted by Crippen LogP contribution is -2.19. The predicted octanol–water partition coefficient (Wildman–Crippen LogP) is 2.06. The summed E-state index contributed by atoms with van der Waals surface area (Å²) in [4.78, 5) is 11.4. The van der Waals surface area contributed by atoms with E-state index < -0.39 is 11.9 Å². The maximum absolute atomic E-state index is 11.4. The topological polar surface area (TPSA) is 68.0 Å². The molecular formula is C13H14BrN3O2. The van der Waals surface area contributed by atoms with Gasteiger partial charge in [-0.25, -0.2) is 0 Å². The summed E-state index contributed by atoms with van der Waals surface area (Å²) in [5.41, 5.74) is 1.68. The first kappa shape index (κ1) is 13.7. The molecule has 19 heavy (non-hydrogen) atoms. The fraction of sp³-hybridized carbons (Fsp3) is 0.308. The van der Waals surface area contributed by atoms with E-state index >= 15 is 0 Å². The highest BCUT2D eigenvalue weighted by Crippen LogP contribution is 2.21.